The zero-order chi connectivity index (χ0) is 28.2. The van der Waals surface area contributed by atoms with Crippen LogP contribution in [0.3, 0.4) is 0 Å². The van der Waals surface area contributed by atoms with Crippen LogP contribution in [0.2, 0.25) is 0 Å². The summed E-state index contributed by atoms with van der Waals surface area (Å²) in [7, 11) is 0. The van der Waals surface area contributed by atoms with Crippen molar-refractivity contribution in [1.82, 2.24) is 0 Å². The first-order chi connectivity index (χ1) is 21.3. The van der Waals surface area contributed by atoms with Crippen molar-refractivity contribution in [3.05, 3.63) is 145 Å². The van der Waals surface area contributed by atoms with Crippen molar-refractivity contribution in [2.75, 3.05) is 0 Å². The largest absolute Gasteiger partial charge is 0.0622 e. The molecule has 0 radical (unpaired) electrons. The maximum absolute atomic E-state index is 2.51. The third kappa shape index (κ3) is 2.90. The highest BCUT2D eigenvalue weighted by Gasteiger charge is 2.26. The minimum atomic E-state index is 1.26. The highest BCUT2D eigenvalue weighted by molar-refractivity contribution is 6.44. The first-order valence-electron chi connectivity index (χ1n) is 15.1. The van der Waals surface area contributed by atoms with E-state index >= 15 is 0 Å². The quantitative estimate of drug-likeness (QED) is 0.191. The zero-order valence-electron chi connectivity index (χ0n) is 23.8. The maximum Gasteiger partial charge on any atom is -0.000719 e. The van der Waals surface area contributed by atoms with Gasteiger partial charge in [0.1, 0.15) is 0 Å². The monoisotopic (exact) mass is 542 g/mol. The Bertz CT molecular complexity index is 2700. The summed E-state index contributed by atoms with van der Waals surface area (Å²) in [4.78, 5) is 0. The van der Waals surface area contributed by atoms with Gasteiger partial charge in [-0.2, -0.15) is 0 Å². The van der Waals surface area contributed by atoms with Gasteiger partial charge < -0.3 is 0 Å². The number of hydrogen-bond acceptors (Lipinski definition) is 0. The van der Waals surface area contributed by atoms with E-state index in [0.717, 1.165) is 0 Å². The van der Waals surface area contributed by atoms with Gasteiger partial charge in [-0.05, 0) is 116 Å². The molecule has 0 fully saturated rings. The topological polar surface area (TPSA) is 0 Å². The van der Waals surface area contributed by atoms with Crippen molar-refractivity contribution in [2.45, 2.75) is 6.92 Å². The van der Waals surface area contributed by atoms with E-state index in [1.165, 1.54) is 103 Å². The van der Waals surface area contributed by atoms with Gasteiger partial charge in [0, 0.05) is 0 Å². The molecule has 0 nitrogen and oxygen atoms in total. The van der Waals surface area contributed by atoms with Crippen molar-refractivity contribution in [2.24, 2.45) is 0 Å². The molecule has 0 aromatic heterocycles. The molecule has 43 heavy (non-hydrogen) atoms. The average Bonchev–Trinajstić information content (AvgIpc) is 3.57. The molecule has 0 saturated heterocycles. The number of aryl methyl sites for hydroxylation is 1. The fourth-order valence-electron chi connectivity index (χ4n) is 8.16. The van der Waals surface area contributed by atoms with Crippen molar-refractivity contribution in [1.29, 1.82) is 0 Å². The van der Waals surface area contributed by atoms with Gasteiger partial charge in [-0.1, -0.05) is 133 Å². The number of hydrogen-bond donors (Lipinski definition) is 0. The molecule has 0 N–H and O–H groups in total. The summed E-state index contributed by atoms with van der Waals surface area (Å²) in [5, 5.41) is 18.8. The molecule has 0 aliphatic rings. The first kappa shape index (κ1) is 23.1. The van der Waals surface area contributed by atoms with Crippen LogP contribution < -0.4 is 0 Å². The molecule has 10 aromatic carbocycles. The molecule has 198 valence electrons. The Hall–Kier alpha value is -5.46. The standard InChI is InChI=1S/C43H26/c1-25-22-23-34-39-28(25)18-10-21-33(39)42-37(26-12-4-2-5-13-26)36-24-35-30-17-9-8-16-29(30)31-19-11-20-32(40(31)35)41(36)38(43(34)42)27-14-6-3-7-15-27/h2-24H,1H3. The van der Waals surface area contributed by atoms with Crippen LogP contribution in [-0.4, -0.2) is 0 Å². The molecule has 0 heteroatoms. The molecule has 0 spiro atoms. The van der Waals surface area contributed by atoms with Crippen molar-refractivity contribution in [3.8, 4) is 22.3 Å². The minimum absolute atomic E-state index is 1.26. The van der Waals surface area contributed by atoms with Crippen LogP contribution >= 0.6 is 0 Å². The van der Waals surface area contributed by atoms with Crippen LogP contribution in [0.25, 0.3) is 97.7 Å². The second-order valence-corrected chi connectivity index (χ2v) is 12.0. The van der Waals surface area contributed by atoms with E-state index in [4.69, 9.17) is 0 Å². The summed E-state index contributed by atoms with van der Waals surface area (Å²) in [6, 6.07) is 52.1. The second kappa shape index (κ2) is 8.31. The van der Waals surface area contributed by atoms with Gasteiger partial charge in [-0.15, -0.1) is 0 Å². The van der Waals surface area contributed by atoms with E-state index in [0.29, 0.717) is 0 Å². The van der Waals surface area contributed by atoms with Crippen molar-refractivity contribution in [3.63, 3.8) is 0 Å². The molecule has 0 bridgehead atoms. The van der Waals surface area contributed by atoms with Crippen molar-refractivity contribution >= 4 is 75.4 Å². The van der Waals surface area contributed by atoms with E-state index in [1.54, 1.807) is 0 Å². The summed E-state index contributed by atoms with van der Waals surface area (Å²) in [5.74, 6) is 0. The van der Waals surface area contributed by atoms with Crippen LogP contribution in [0.1, 0.15) is 5.56 Å². The van der Waals surface area contributed by atoms with Gasteiger partial charge in [0.15, 0.2) is 0 Å². The smallest absolute Gasteiger partial charge is 0.000719 e. The summed E-state index contributed by atoms with van der Waals surface area (Å²) >= 11 is 0. The predicted octanol–water partition coefficient (Wildman–Crippen LogP) is 12.3. The van der Waals surface area contributed by atoms with E-state index < -0.39 is 0 Å². The molecule has 0 saturated carbocycles. The molecular formula is C43H26. The SMILES string of the molecule is Cc1ccc2c3c(-c4ccccc4)c4c(cc5c6ccccc6c6cccc4c65)c(-c4ccccc4)c3c3cccc1c32. The molecule has 10 rings (SSSR count). The van der Waals surface area contributed by atoms with Crippen LogP contribution in [-0.2, 0) is 0 Å². The Morgan fingerprint density at radius 1 is 0.279 bits per heavy atom. The number of fused-ring (bicyclic) bond motifs is 8. The van der Waals surface area contributed by atoms with Crippen LogP contribution in [0, 0.1) is 6.92 Å². The molecule has 0 aliphatic heterocycles. The lowest BCUT2D eigenvalue weighted by Gasteiger charge is -2.19. The van der Waals surface area contributed by atoms with E-state index in [9.17, 15) is 0 Å². The maximum atomic E-state index is 2.51. The van der Waals surface area contributed by atoms with Crippen molar-refractivity contribution < 1.29 is 0 Å². The third-order valence-electron chi connectivity index (χ3n) is 9.86. The molecule has 0 aliphatic carbocycles. The van der Waals surface area contributed by atoms with Gasteiger partial charge in [-0.25, -0.2) is 0 Å². The summed E-state index contributed by atoms with van der Waals surface area (Å²) in [6.07, 6.45) is 0. The van der Waals surface area contributed by atoms with Gasteiger partial charge in [-0.3, -0.25) is 0 Å². The highest BCUT2D eigenvalue weighted by atomic mass is 14.3. The highest BCUT2D eigenvalue weighted by Crippen LogP contribution is 2.54. The van der Waals surface area contributed by atoms with Gasteiger partial charge in [0.2, 0.25) is 0 Å². The van der Waals surface area contributed by atoms with Crippen LogP contribution in [0.5, 0.6) is 0 Å². The molecule has 0 amide bonds. The third-order valence-corrected chi connectivity index (χ3v) is 9.86. The summed E-state index contributed by atoms with van der Waals surface area (Å²) in [5.41, 5.74) is 6.52. The van der Waals surface area contributed by atoms with Gasteiger partial charge >= 0.3 is 0 Å². The lowest BCUT2D eigenvalue weighted by molar-refractivity contribution is 1.55. The molecule has 10 aromatic rings. The Morgan fingerprint density at radius 2 is 0.767 bits per heavy atom. The average molecular weight is 543 g/mol. The second-order valence-electron chi connectivity index (χ2n) is 12.0. The molecule has 0 heterocycles. The fourth-order valence-corrected chi connectivity index (χ4v) is 8.16. The van der Waals surface area contributed by atoms with E-state index in [1.807, 2.05) is 0 Å². The zero-order valence-corrected chi connectivity index (χ0v) is 23.8. The first-order valence-corrected chi connectivity index (χ1v) is 15.1. The van der Waals surface area contributed by atoms with Crippen LogP contribution in [0.15, 0.2) is 140 Å². The number of benzene rings is 8. The molecular weight excluding hydrogens is 516 g/mol. The Balaban J connectivity index is 1.62. The van der Waals surface area contributed by atoms with E-state index in [2.05, 4.69) is 146 Å². The Morgan fingerprint density at radius 3 is 1.49 bits per heavy atom. The summed E-state index contributed by atoms with van der Waals surface area (Å²) in [6.45, 7) is 2.24. The lowest BCUT2D eigenvalue weighted by atomic mass is 9.84. The number of rotatable bonds is 2. The normalized spacial score (nSPS) is 12.3. The van der Waals surface area contributed by atoms with Crippen LogP contribution in [0.4, 0.5) is 0 Å². The molecule has 0 atom stereocenters. The minimum Gasteiger partial charge on any atom is -0.0622 e. The van der Waals surface area contributed by atoms with E-state index in [-0.39, 0.29) is 0 Å². The van der Waals surface area contributed by atoms with Gasteiger partial charge in [0.05, 0.1) is 0 Å². The summed E-state index contributed by atoms with van der Waals surface area (Å²) < 4.78 is 0. The molecule has 0 unspecified atom stereocenters. The van der Waals surface area contributed by atoms with Gasteiger partial charge in [0.25, 0.3) is 0 Å². The lowest BCUT2D eigenvalue weighted by Crippen LogP contribution is -1.91. The Kier molecular flexibility index (Phi) is 4.47. The predicted molar refractivity (Wildman–Crippen MR) is 187 cm³/mol. The Labute approximate surface area is 249 Å². The fraction of sp³-hybridized carbons (Fsp3) is 0.0233.